The van der Waals surface area contributed by atoms with Gasteiger partial charge in [-0.05, 0) is 31.5 Å². The number of benzene rings is 1. The first kappa shape index (κ1) is 16.8. The second kappa shape index (κ2) is 6.95. The highest BCUT2D eigenvalue weighted by molar-refractivity contribution is 7.92. The molecule has 112 valence electrons. The van der Waals surface area contributed by atoms with Crippen molar-refractivity contribution >= 4 is 33.0 Å². The number of anilines is 1. The molecule has 3 N–H and O–H groups in total. The minimum Gasteiger partial charge on any atom is -0.399 e. The van der Waals surface area contributed by atoms with Gasteiger partial charge in [0.1, 0.15) is 5.25 Å². The van der Waals surface area contributed by atoms with E-state index in [1.807, 2.05) is 6.92 Å². The lowest BCUT2D eigenvalue weighted by molar-refractivity contribution is -0.120. The summed E-state index contributed by atoms with van der Waals surface area (Å²) in [6.07, 6.45) is 1.72. The van der Waals surface area contributed by atoms with Gasteiger partial charge in [0.05, 0.1) is 9.92 Å². The van der Waals surface area contributed by atoms with Crippen molar-refractivity contribution in [3.63, 3.8) is 0 Å². The first-order chi connectivity index (χ1) is 9.30. The highest BCUT2D eigenvalue weighted by atomic mass is 35.5. The van der Waals surface area contributed by atoms with Gasteiger partial charge in [-0.25, -0.2) is 8.42 Å². The molecule has 7 heteroatoms. The van der Waals surface area contributed by atoms with Gasteiger partial charge in [0, 0.05) is 12.2 Å². The summed E-state index contributed by atoms with van der Waals surface area (Å²) in [5.41, 5.74) is 5.86. The molecular formula is C13H19ClN2O3S. The normalized spacial score (nSPS) is 12.9. The summed E-state index contributed by atoms with van der Waals surface area (Å²) in [7, 11) is -3.85. The smallest absolute Gasteiger partial charge is 0.238 e. The van der Waals surface area contributed by atoms with Crippen LogP contribution < -0.4 is 11.1 Å². The maximum absolute atomic E-state index is 12.4. The fourth-order valence-corrected chi connectivity index (χ4v) is 3.43. The molecule has 0 heterocycles. The van der Waals surface area contributed by atoms with Crippen LogP contribution in [0.3, 0.4) is 0 Å². The van der Waals surface area contributed by atoms with Crippen LogP contribution in [-0.2, 0) is 14.6 Å². The fourth-order valence-electron chi connectivity index (χ4n) is 1.60. The van der Waals surface area contributed by atoms with Gasteiger partial charge in [-0.3, -0.25) is 4.79 Å². The molecule has 1 aromatic carbocycles. The molecule has 1 atom stereocenters. The molecular weight excluding hydrogens is 300 g/mol. The summed E-state index contributed by atoms with van der Waals surface area (Å²) in [5, 5.41) is 1.45. The number of nitrogen functional groups attached to an aromatic ring is 1. The van der Waals surface area contributed by atoms with Crippen molar-refractivity contribution in [2.75, 3.05) is 12.3 Å². The van der Waals surface area contributed by atoms with Crippen molar-refractivity contribution in [1.82, 2.24) is 5.32 Å². The van der Waals surface area contributed by atoms with Gasteiger partial charge >= 0.3 is 0 Å². The van der Waals surface area contributed by atoms with Crippen LogP contribution in [0, 0.1) is 0 Å². The van der Waals surface area contributed by atoms with E-state index in [9.17, 15) is 13.2 Å². The van der Waals surface area contributed by atoms with E-state index in [0.717, 1.165) is 12.8 Å². The average Bonchev–Trinajstić information content (AvgIpc) is 2.40. The Labute approximate surface area is 124 Å². The lowest BCUT2D eigenvalue weighted by Gasteiger charge is -2.14. The summed E-state index contributed by atoms with van der Waals surface area (Å²) >= 11 is 5.89. The molecule has 0 aliphatic heterocycles. The average molecular weight is 319 g/mol. The monoisotopic (exact) mass is 318 g/mol. The van der Waals surface area contributed by atoms with E-state index in [-0.39, 0.29) is 15.6 Å². The Hall–Kier alpha value is -1.27. The molecule has 0 fully saturated rings. The van der Waals surface area contributed by atoms with Gasteiger partial charge in [-0.2, -0.15) is 0 Å². The van der Waals surface area contributed by atoms with Crippen molar-refractivity contribution in [2.45, 2.75) is 36.8 Å². The van der Waals surface area contributed by atoms with Crippen molar-refractivity contribution in [2.24, 2.45) is 0 Å². The maximum Gasteiger partial charge on any atom is 0.238 e. The molecule has 1 rings (SSSR count). The minimum absolute atomic E-state index is 0.0624. The summed E-state index contributed by atoms with van der Waals surface area (Å²) in [4.78, 5) is 11.8. The lowest BCUT2D eigenvalue weighted by atomic mass is 10.3. The summed E-state index contributed by atoms with van der Waals surface area (Å²) in [6.45, 7) is 3.79. The Balaban J connectivity index is 2.98. The summed E-state index contributed by atoms with van der Waals surface area (Å²) < 4.78 is 24.8. The zero-order valence-corrected chi connectivity index (χ0v) is 13.1. The zero-order chi connectivity index (χ0) is 15.3. The van der Waals surface area contributed by atoms with E-state index in [1.54, 1.807) is 0 Å². The second-order valence-electron chi connectivity index (χ2n) is 4.52. The van der Waals surface area contributed by atoms with Gasteiger partial charge in [-0.1, -0.05) is 24.9 Å². The Morgan fingerprint density at radius 1 is 1.45 bits per heavy atom. The van der Waals surface area contributed by atoms with Crippen LogP contribution in [0.5, 0.6) is 0 Å². The number of carbonyl (C=O) groups is 1. The predicted octanol–water partition coefficient (Wildman–Crippen LogP) is 2.00. The number of nitrogens with one attached hydrogen (secondary N) is 1. The van der Waals surface area contributed by atoms with Crippen LogP contribution in [0.4, 0.5) is 5.69 Å². The van der Waals surface area contributed by atoms with Crippen molar-refractivity contribution in [1.29, 1.82) is 0 Å². The van der Waals surface area contributed by atoms with E-state index in [1.165, 1.54) is 25.1 Å². The molecule has 1 aromatic rings. The third kappa shape index (κ3) is 3.86. The molecule has 0 saturated heterocycles. The third-order valence-corrected chi connectivity index (χ3v) is 5.46. The number of halogens is 1. The molecule has 0 aromatic heterocycles. The SMILES string of the molecule is CCCCNC(=O)C(C)S(=O)(=O)c1cc(N)ccc1Cl. The topological polar surface area (TPSA) is 89.3 Å². The number of sulfone groups is 1. The summed E-state index contributed by atoms with van der Waals surface area (Å²) in [6, 6.07) is 4.19. The first-order valence-electron chi connectivity index (χ1n) is 6.37. The van der Waals surface area contributed by atoms with Gasteiger partial charge < -0.3 is 11.1 Å². The van der Waals surface area contributed by atoms with Crippen LogP contribution >= 0.6 is 11.6 Å². The number of carbonyl (C=O) groups excluding carboxylic acids is 1. The van der Waals surface area contributed by atoms with E-state index in [0.29, 0.717) is 6.54 Å². The van der Waals surface area contributed by atoms with E-state index < -0.39 is 21.0 Å². The Kier molecular flexibility index (Phi) is 5.83. The Bertz CT molecular complexity index is 587. The van der Waals surface area contributed by atoms with Gasteiger partial charge in [0.2, 0.25) is 5.91 Å². The second-order valence-corrected chi connectivity index (χ2v) is 7.17. The fraction of sp³-hybridized carbons (Fsp3) is 0.462. The number of rotatable bonds is 6. The highest BCUT2D eigenvalue weighted by Crippen LogP contribution is 2.27. The number of amides is 1. The largest absolute Gasteiger partial charge is 0.399 e. The van der Waals surface area contributed by atoms with Crippen LogP contribution in [0.15, 0.2) is 23.1 Å². The van der Waals surface area contributed by atoms with E-state index >= 15 is 0 Å². The van der Waals surface area contributed by atoms with E-state index in [4.69, 9.17) is 17.3 Å². The van der Waals surface area contributed by atoms with Crippen LogP contribution in [0.1, 0.15) is 26.7 Å². The van der Waals surface area contributed by atoms with E-state index in [2.05, 4.69) is 5.32 Å². The first-order valence-corrected chi connectivity index (χ1v) is 8.29. The van der Waals surface area contributed by atoms with Crippen molar-refractivity contribution in [3.05, 3.63) is 23.2 Å². The maximum atomic E-state index is 12.4. The van der Waals surface area contributed by atoms with Crippen molar-refractivity contribution in [3.8, 4) is 0 Å². The Morgan fingerprint density at radius 3 is 2.70 bits per heavy atom. The van der Waals surface area contributed by atoms with Gasteiger partial charge in [0.15, 0.2) is 9.84 Å². The molecule has 0 aliphatic carbocycles. The summed E-state index contributed by atoms with van der Waals surface area (Å²) in [5.74, 6) is -0.531. The quantitative estimate of drug-likeness (QED) is 0.620. The number of hydrogen-bond donors (Lipinski definition) is 2. The molecule has 20 heavy (non-hydrogen) atoms. The molecule has 0 saturated carbocycles. The molecule has 0 aliphatic rings. The Morgan fingerprint density at radius 2 is 2.10 bits per heavy atom. The van der Waals surface area contributed by atoms with Gasteiger partial charge in [0.25, 0.3) is 0 Å². The number of hydrogen-bond acceptors (Lipinski definition) is 4. The zero-order valence-electron chi connectivity index (χ0n) is 11.5. The molecule has 0 spiro atoms. The molecule has 1 amide bonds. The molecule has 0 bridgehead atoms. The standard InChI is InChI=1S/C13H19ClN2O3S/c1-3-4-7-16-13(17)9(2)20(18,19)12-8-10(15)5-6-11(12)14/h5-6,8-9H,3-4,7,15H2,1-2H3,(H,16,17). The third-order valence-electron chi connectivity index (χ3n) is 2.93. The lowest BCUT2D eigenvalue weighted by Crippen LogP contribution is -2.38. The highest BCUT2D eigenvalue weighted by Gasteiger charge is 2.31. The number of unbranched alkanes of at least 4 members (excludes halogenated alkanes) is 1. The molecule has 5 nitrogen and oxygen atoms in total. The molecule has 0 radical (unpaired) electrons. The molecule has 1 unspecified atom stereocenters. The van der Waals surface area contributed by atoms with Crippen molar-refractivity contribution < 1.29 is 13.2 Å². The van der Waals surface area contributed by atoms with Crippen LogP contribution in [0.2, 0.25) is 5.02 Å². The minimum atomic E-state index is -3.85. The number of nitrogens with two attached hydrogens (primary N) is 1. The predicted molar refractivity (Wildman–Crippen MR) is 80.4 cm³/mol. The van der Waals surface area contributed by atoms with Crippen LogP contribution in [-0.4, -0.2) is 26.1 Å². The van der Waals surface area contributed by atoms with Crippen LogP contribution in [0.25, 0.3) is 0 Å². The van der Waals surface area contributed by atoms with Gasteiger partial charge in [-0.15, -0.1) is 0 Å².